The van der Waals surface area contributed by atoms with E-state index in [1.54, 1.807) is 7.11 Å². The molecule has 0 saturated heterocycles. The third kappa shape index (κ3) is 3.26. The molecule has 1 aromatic carbocycles. The summed E-state index contributed by atoms with van der Waals surface area (Å²) < 4.78 is 11.4. The van der Waals surface area contributed by atoms with Crippen molar-refractivity contribution in [2.24, 2.45) is 5.92 Å². The summed E-state index contributed by atoms with van der Waals surface area (Å²) in [5.74, 6) is 2.62. The van der Waals surface area contributed by atoms with E-state index in [9.17, 15) is 0 Å². The molecule has 0 saturated carbocycles. The number of nitrogens with one attached hydrogen (secondary N) is 1. The van der Waals surface area contributed by atoms with Crippen LogP contribution in [0.4, 0.5) is 0 Å². The molecule has 2 rings (SSSR count). The maximum atomic E-state index is 5.84. The van der Waals surface area contributed by atoms with Crippen LogP contribution in [0.15, 0.2) is 12.1 Å². The first-order valence-electron chi connectivity index (χ1n) is 7.65. The first-order valence-corrected chi connectivity index (χ1v) is 7.65. The Kier molecular flexibility index (Phi) is 4.92. The minimum Gasteiger partial charge on any atom is -0.496 e. The molecule has 3 nitrogen and oxygen atoms in total. The SMILES string of the molecule is CCC(NCc1cc2c(cc1OC)CC(C)O2)C(C)C. The topological polar surface area (TPSA) is 30.5 Å². The van der Waals surface area contributed by atoms with E-state index in [4.69, 9.17) is 9.47 Å². The van der Waals surface area contributed by atoms with E-state index in [2.05, 4.69) is 45.1 Å². The molecule has 0 bridgehead atoms. The smallest absolute Gasteiger partial charge is 0.123 e. The highest BCUT2D eigenvalue weighted by Gasteiger charge is 2.22. The van der Waals surface area contributed by atoms with E-state index in [-0.39, 0.29) is 6.10 Å². The maximum Gasteiger partial charge on any atom is 0.123 e. The molecule has 20 heavy (non-hydrogen) atoms. The number of hydrogen-bond acceptors (Lipinski definition) is 3. The van der Waals surface area contributed by atoms with E-state index in [0.717, 1.165) is 30.9 Å². The highest BCUT2D eigenvalue weighted by molar-refractivity contribution is 5.48. The van der Waals surface area contributed by atoms with Crippen LogP contribution in [0, 0.1) is 5.92 Å². The minimum absolute atomic E-state index is 0.275. The largest absolute Gasteiger partial charge is 0.496 e. The molecule has 2 unspecified atom stereocenters. The Hall–Kier alpha value is -1.22. The Balaban J connectivity index is 2.13. The molecular weight excluding hydrogens is 250 g/mol. The molecule has 0 radical (unpaired) electrons. The zero-order valence-electron chi connectivity index (χ0n) is 13.3. The van der Waals surface area contributed by atoms with Crippen molar-refractivity contribution in [2.75, 3.05) is 7.11 Å². The molecule has 1 heterocycles. The van der Waals surface area contributed by atoms with Gasteiger partial charge < -0.3 is 14.8 Å². The van der Waals surface area contributed by atoms with Crippen LogP contribution in [0.1, 0.15) is 45.2 Å². The molecule has 1 aliphatic heterocycles. The van der Waals surface area contributed by atoms with Gasteiger partial charge in [0, 0.05) is 30.1 Å². The summed E-state index contributed by atoms with van der Waals surface area (Å²) in [4.78, 5) is 0. The fourth-order valence-electron chi connectivity index (χ4n) is 2.90. The summed E-state index contributed by atoms with van der Waals surface area (Å²) >= 11 is 0. The van der Waals surface area contributed by atoms with Crippen molar-refractivity contribution in [3.8, 4) is 11.5 Å². The van der Waals surface area contributed by atoms with Crippen LogP contribution in [0.5, 0.6) is 11.5 Å². The Morgan fingerprint density at radius 3 is 2.75 bits per heavy atom. The number of fused-ring (bicyclic) bond motifs is 1. The quantitative estimate of drug-likeness (QED) is 0.862. The summed E-state index contributed by atoms with van der Waals surface area (Å²) in [6, 6.07) is 4.80. The van der Waals surface area contributed by atoms with Crippen molar-refractivity contribution >= 4 is 0 Å². The van der Waals surface area contributed by atoms with Crippen molar-refractivity contribution < 1.29 is 9.47 Å². The lowest BCUT2D eigenvalue weighted by molar-refractivity contribution is 0.254. The Labute approximate surface area is 122 Å². The fourth-order valence-corrected chi connectivity index (χ4v) is 2.90. The second kappa shape index (κ2) is 6.49. The van der Waals surface area contributed by atoms with Crippen LogP contribution < -0.4 is 14.8 Å². The third-order valence-corrected chi connectivity index (χ3v) is 4.10. The van der Waals surface area contributed by atoms with Crippen molar-refractivity contribution in [3.63, 3.8) is 0 Å². The molecule has 0 fully saturated rings. The molecular formula is C17H27NO2. The van der Waals surface area contributed by atoms with Crippen LogP contribution in [-0.4, -0.2) is 19.3 Å². The predicted octanol–water partition coefficient (Wildman–Crippen LogP) is 3.54. The van der Waals surface area contributed by atoms with Gasteiger partial charge in [0.15, 0.2) is 0 Å². The first-order chi connectivity index (χ1) is 9.55. The van der Waals surface area contributed by atoms with Crippen molar-refractivity contribution in [3.05, 3.63) is 23.3 Å². The highest BCUT2D eigenvalue weighted by Crippen LogP contribution is 2.35. The Morgan fingerprint density at radius 1 is 1.40 bits per heavy atom. The van der Waals surface area contributed by atoms with Crippen LogP contribution >= 0.6 is 0 Å². The van der Waals surface area contributed by atoms with Gasteiger partial charge in [0.05, 0.1) is 7.11 Å². The van der Waals surface area contributed by atoms with Gasteiger partial charge in [0.2, 0.25) is 0 Å². The van der Waals surface area contributed by atoms with Crippen LogP contribution in [0.2, 0.25) is 0 Å². The lowest BCUT2D eigenvalue weighted by Gasteiger charge is -2.21. The number of rotatable bonds is 6. The van der Waals surface area contributed by atoms with Gasteiger partial charge in [-0.25, -0.2) is 0 Å². The second-order valence-electron chi connectivity index (χ2n) is 6.04. The summed E-state index contributed by atoms with van der Waals surface area (Å²) in [6.07, 6.45) is 2.39. The standard InChI is InChI=1S/C17H27NO2/c1-6-15(11(2)3)18-10-14-9-17-13(7-12(4)20-17)8-16(14)19-5/h8-9,11-12,15,18H,6-7,10H2,1-5H3. The zero-order chi connectivity index (χ0) is 14.7. The normalized spacial score (nSPS) is 18.8. The molecule has 2 atom stereocenters. The van der Waals surface area contributed by atoms with E-state index in [1.807, 2.05) is 0 Å². The Morgan fingerprint density at radius 2 is 2.15 bits per heavy atom. The summed E-state index contributed by atoms with van der Waals surface area (Å²) in [7, 11) is 1.74. The molecule has 1 N–H and O–H groups in total. The number of methoxy groups -OCH3 is 1. The predicted molar refractivity (Wildman–Crippen MR) is 82.5 cm³/mol. The van der Waals surface area contributed by atoms with Gasteiger partial charge in [-0.05, 0) is 31.4 Å². The zero-order valence-corrected chi connectivity index (χ0v) is 13.3. The molecule has 0 aliphatic carbocycles. The molecule has 3 heteroatoms. The van der Waals surface area contributed by atoms with Crippen molar-refractivity contribution in [1.29, 1.82) is 0 Å². The number of ether oxygens (including phenoxy) is 2. The third-order valence-electron chi connectivity index (χ3n) is 4.10. The van der Waals surface area contributed by atoms with E-state index >= 15 is 0 Å². The van der Waals surface area contributed by atoms with E-state index in [0.29, 0.717) is 12.0 Å². The first kappa shape index (κ1) is 15.2. The molecule has 112 valence electrons. The van der Waals surface area contributed by atoms with Gasteiger partial charge in [0.1, 0.15) is 17.6 Å². The molecule has 0 amide bonds. The van der Waals surface area contributed by atoms with Gasteiger partial charge in [0.25, 0.3) is 0 Å². The van der Waals surface area contributed by atoms with Crippen LogP contribution in [-0.2, 0) is 13.0 Å². The van der Waals surface area contributed by atoms with Gasteiger partial charge in [-0.1, -0.05) is 20.8 Å². The average molecular weight is 277 g/mol. The minimum atomic E-state index is 0.275. The molecule has 0 spiro atoms. The van der Waals surface area contributed by atoms with E-state index in [1.165, 1.54) is 11.1 Å². The summed E-state index contributed by atoms with van der Waals surface area (Å²) in [6.45, 7) is 9.67. The van der Waals surface area contributed by atoms with Gasteiger partial charge in [-0.2, -0.15) is 0 Å². The number of hydrogen-bond donors (Lipinski definition) is 1. The van der Waals surface area contributed by atoms with Crippen molar-refractivity contribution in [2.45, 2.75) is 59.2 Å². The lowest BCUT2D eigenvalue weighted by Crippen LogP contribution is -2.32. The molecule has 0 aromatic heterocycles. The fraction of sp³-hybridized carbons (Fsp3) is 0.647. The summed E-state index contributed by atoms with van der Waals surface area (Å²) in [5, 5.41) is 3.63. The number of benzene rings is 1. The molecule has 1 aromatic rings. The van der Waals surface area contributed by atoms with Crippen molar-refractivity contribution in [1.82, 2.24) is 5.32 Å². The average Bonchev–Trinajstić information content (AvgIpc) is 2.77. The van der Waals surface area contributed by atoms with Crippen LogP contribution in [0.25, 0.3) is 0 Å². The Bertz CT molecular complexity index is 457. The van der Waals surface area contributed by atoms with Gasteiger partial charge in [-0.3, -0.25) is 0 Å². The lowest BCUT2D eigenvalue weighted by atomic mass is 10.0. The maximum absolute atomic E-state index is 5.84. The summed E-state index contributed by atoms with van der Waals surface area (Å²) in [5.41, 5.74) is 2.44. The monoisotopic (exact) mass is 277 g/mol. The van der Waals surface area contributed by atoms with Gasteiger partial charge >= 0.3 is 0 Å². The highest BCUT2D eigenvalue weighted by atomic mass is 16.5. The van der Waals surface area contributed by atoms with Crippen LogP contribution in [0.3, 0.4) is 0 Å². The van der Waals surface area contributed by atoms with E-state index < -0.39 is 0 Å². The van der Waals surface area contributed by atoms with Gasteiger partial charge in [-0.15, -0.1) is 0 Å². The second-order valence-corrected chi connectivity index (χ2v) is 6.04. The molecule has 1 aliphatic rings.